The molecular weight excluding hydrogens is 449 g/mol. The van der Waals surface area contributed by atoms with Crippen LogP contribution in [0.5, 0.6) is 5.75 Å². The minimum atomic E-state index is -0.500. The van der Waals surface area contributed by atoms with E-state index in [9.17, 15) is 10.1 Å². The maximum Gasteiger partial charge on any atom is 0.310 e. The summed E-state index contributed by atoms with van der Waals surface area (Å²) in [6.45, 7) is 9.49. The monoisotopic (exact) mass is 481 g/mol. The molecule has 0 aliphatic carbocycles. The zero-order chi connectivity index (χ0) is 26.1. The van der Waals surface area contributed by atoms with Crippen molar-refractivity contribution >= 4 is 17.0 Å². The minimum absolute atomic E-state index is 0.00598. The number of nitriles is 1. The lowest BCUT2D eigenvalue weighted by molar-refractivity contribution is -0.139. The molecule has 4 rings (SSSR count). The van der Waals surface area contributed by atoms with Crippen LogP contribution < -0.4 is 4.74 Å². The molecule has 0 amide bonds. The zero-order valence-corrected chi connectivity index (χ0v) is 21.4. The number of aryl methyl sites for hydroxylation is 2. The summed E-state index contributed by atoms with van der Waals surface area (Å²) in [5.41, 5.74) is 5.01. The van der Waals surface area contributed by atoms with Gasteiger partial charge in [0.2, 0.25) is 0 Å². The molecule has 35 heavy (non-hydrogen) atoms. The lowest BCUT2D eigenvalue weighted by atomic mass is 9.87. The number of fused-ring (bicyclic) bond motifs is 2. The van der Waals surface area contributed by atoms with E-state index in [2.05, 4.69) is 11.1 Å². The van der Waals surface area contributed by atoms with Gasteiger partial charge in [0, 0.05) is 23.7 Å². The maximum atomic E-state index is 15.0. The predicted octanol–water partition coefficient (Wildman–Crippen LogP) is 4.69. The number of carbonyl (C=O) groups is 1. The maximum absolute atomic E-state index is 15.0. The van der Waals surface area contributed by atoms with Crippen LogP contribution in [0.25, 0.3) is 22.2 Å². The van der Waals surface area contributed by atoms with E-state index in [0.29, 0.717) is 51.5 Å². The highest BCUT2D eigenvalue weighted by molar-refractivity contribution is 5.99. The summed E-state index contributed by atoms with van der Waals surface area (Å²) < 4.78 is 27.2. The molecule has 8 heteroatoms. The van der Waals surface area contributed by atoms with Gasteiger partial charge in [0.05, 0.1) is 25.7 Å². The average molecular weight is 482 g/mol. The molecule has 186 valence electrons. The van der Waals surface area contributed by atoms with Crippen LogP contribution >= 0.6 is 0 Å². The molecule has 0 unspecified atom stereocenters. The summed E-state index contributed by atoms with van der Waals surface area (Å²) in [6, 6.07) is 5.37. The van der Waals surface area contributed by atoms with Crippen molar-refractivity contribution in [1.29, 1.82) is 5.26 Å². The lowest BCUT2D eigenvalue weighted by Gasteiger charge is -2.23. The van der Waals surface area contributed by atoms with Crippen molar-refractivity contribution < 1.29 is 23.8 Å². The van der Waals surface area contributed by atoms with Crippen molar-refractivity contribution in [3.63, 3.8) is 0 Å². The number of rotatable bonds is 3. The van der Waals surface area contributed by atoms with Gasteiger partial charge >= 0.3 is 5.97 Å². The summed E-state index contributed by atoms with van der Waals surface area (Å²) in [6.07, 6.45) is 1.55. The Morgan fingerprint density at radius 2 is 2.00 bits per heavy atom. The Morgan fingerprint density at radius 3 is 2.60 bits per heavy atom. The van der Waals surface area contributed by atoms with E-state index in [1.807, 2.05) is 13.8 Å². The van der Waals surface area contributed by atoms with Crippen LogP contribution in [0, 0.1) is 31.0 Å². The molecule has 0 saturated carbocycles. The minimum Gasteiger partial charge on any atom is -0.490 e. The Bertz CT molecular complexity index is 1320. The van der Waals surface area contributed by atoms with Gasteiger partial charge in [0.15, 0.2) is 11.6 Å². The number of halogens is 1. The second kappa shape index (κ2) is 10.0. The first kappa shape index (κ1) is 26.2. The smallest absolute Gasteiger partial charge is 0.310 e. The number of ether oxygens (including phenoxy) is 2. The molecule has 0 spiro atoms. The van der Waals surface area contributed by atoms with Gasteiger partial charge < -0.3 is 19.1 Å². The van der Waals surface area contributed by atoms with Crippen molar-refractivity contribution in [2.75, 3.05) is 13.7 Å². The third-order valence-electron chi connectivity index (χ3n) is 5.85. The fourth-order valence-electron chi connectivity index (χ4n) is 4.25. The summed E-state index contributed by atoms with van der Waals surface area (Å²) in [4.78, 5) is 16.8. The highest BCUT2D eigenvalue weighted by Gasteiger charge is 2.26. The van der Waals surface area contributed by atoms with E-state index in [-0.39, 0.29) is 6.42 Å². The van der Waals surface area contributed by atoms with Gasteiger partial charge in [0.25, 0.3) is 0 Å². The first-order valence-electron chi connectivity index (χ1n) is 11.5. The molecular formula is C27H32FN3O4. The van der Waals surface area contributed by atoms with Crippen LogP contribution in [-0.4, -0.2) is 39.9 Å². The van der Waals surface area contributed by atoms with Crippen LogP contribution in [0.1, 0.15) is 55.3 Å². The molecule has 1 aliphatic rings. The Kier molecular flexibility index (Phi) is 7.51. The molecule has 1 N–H and O–H groups in total. The van der Waals surface area contributed by atoms with Gasteiger partial charge in [0.1, 0.15) is 17.4 Å². The van der Waals surface area contributed by atoms with E-state index < -0.39 is 17.4 Å². The van der Waals surface area contributed by atoms with Crippen LogP contribution in [0.15, 0.2) is 12.1 Å². The predicted molar refractivity (Wildman–Crippen MR) is 132 cm³/mol. The fourth-order valence-corrected chi connectivity index (χ4v) is 4.25. The number of aliphatic hydroxyl groups is 1. The van der Waals surface area contributed by atoms with E-state index in [0.717, 1.165) is 24.0 Å². The van der Waals surface area contributed by atoms with E-state index in [4.69, 9.17) is 14.6 Å². The molecule has 1 aliphatic heterocycles. The molecule has 0 fully saturated rings. The van der Waals surface area contributed by atoms with Gasteiger partial charge in [-0.1, -0.05) is 0 Å². The fraction of sp³-hybridized carbons (Fsp3) is 0.444. The Hall–Kier alpha value is -3.44. The average Bonchev–Trinajstić information content (AvgIpc) is 3.11. The van der Waals surface area contributed by atoms with Gasteiger partial charge in [-0.25, -0.2) is 9.37 Å². The SMILES string of the molecule is CC(C)(C)O.COC(=O)Cc1c(C)nc2c(cc(C#N)n2C)c1-c1cc(F)c2c(c1C)CCCO2. The second-order valence-electron chi connectivity index (χ2n) is 9.70. The summed E-state index contributed by atoms with van der Waals surface area (Å²) >= 11 is 0. The molecule has 0 radical (unpaired) electrons. The van der Waals surface area contributed by atoms with Crippen LogP contribution in [0.4, 0.5) is 4.39 Å². The van der Waals surface area contributed by atoms with Gasteiger partial charge in [-0.15, -0.1) is 0 Å². The largest absolute Gasteiger partial charge is 0.490 e. The molecule has 3 heterocycles. The zero-order valence-electron chi connectivity index (χ0n) is 21.4. The number of pyridine rings is 1. The summed E-state index contributed by atoms with van der Waals surface area (Å²) in [7, 11) is 3.10. The third kappa shape index (κ3) is 5.46. The number of benzene rings is 1. The van der Waals surface area contributed by atoms with E-state index in [1.54, 1.807) is 38.5 Å². The number of nitrogens with zero attached hydrogens (tertiary/aromatic N) is 3. The number of hydrogen-bond acceptors (Lipinski definition) is 6. The highest BCUT2D eigenvalue weighted by Crippen LogP contribution is 2.42. The molecule has 7 nitrogen and oxygen atoms in total. The number of hydrogen-bond donors (Lipinski definition) is 1. The van der Waals surface area contributed by atoms with Crippen molar-refractivity contribution in [3.05, 3.63) is 46.0 Å². The summed E-state index contributed by atoms with van der Waals surface area (Å²) in [5, 5.41) is 18.7. The second-order valence-corrected chi connectivity index (χ2v) is 9.70. The lowest BCUT2D eigenvalue weighted by Crippen LogP contribution is -2.13. The molecule has 0 bridgehead atoms. The third-order valence-corrected chi connectivity index (χ3v) is 5.85. The van der Waals surface area contributed by atoms with Crippen molar-refractivity contribution in [1.82, 2.24) is 9.55 Å². The quantitative estimate of drug-likeness (QED) is 0.546. The Labute approximate surface area is 205 Å². The standard InChI is InChI=1S/C23H22FN3O3.C4H10O/c1-12-15-6-5-7-30-22(15)19(24)9-16(12)21-17(10-20(28)29-4)13(2)26-23-18(21)8-14(11-25)27(23)3;1-4(2,3)5/h8-9H,5-7,10H2,1-4H3;5H,1-3H3. The number of aromatic nitrogens is 2. The van der Waals surface area contributed by atoms with Gasteiger partial charge in [-0.2, -0.15) is 5.26 Å². The molecule has 2 aromatic heterocycles. The van der Waals surface area contributed by atoms with Crippen molar-refractivity contribution in [2.24, 2.45) is 7.05 Å². The van der Waals surface area contributed by atoms with Crippen LogP contribution in [-0.2, 0) is 29.4 Å². The van der Waals surface area contributed by atoms with Crippen molar-refractivity contribution in [2.45, 2.75) is 59.5 Å². The number of carbonyl (C=O) groups excluding carboxylic acids is 1. The molecule has 0 atom stereocenters. The van der Waals surface area contributed by atoms with E-state index >= 15 is 4.39 Å². The number of methoxy groups -OCH3 is 1. The van der Waals surface area contributed by atoms with Crippen molar-refractivity contribution in [3.8, 4) is 22.9 Å². The summed E-state index contributed by atoms with van der Waals surface area (Å²) in [5.74, 6) is -0.519. The molecule has 1 aromatic carbocycles. The molecule has 0 saturated heterocycles. The van der Waals surface area contributed by atoms with E-state index in [1.165, 1.54) is 13.2 Å². The first-order chi connectivity index (χ1) is 16.4. The Morgan fingerprint density at radius 1 is 1.34 bits per heavy atom. The van der Waals surface area contributed by atoms with Gasteiger partial charge in [-0.05, 0) is 81.8 Å². The normalized spacial score (nSPS) is 12.8. The molecule has 3 aromatic rings. The van der Waals surface area contributed by atoms with Crippen LogP contribution in [0.2, 0.25) is 0 Å². The van der Waals surface area contributed by atoms with Gasteiger partial charge in [-0.3, -0.25) is 4.79 Å². The highest BCUT2D eigenvalue weighted by atomic mass is 19.1. The van der Waals surface area contributed by atoms with Crippen LogP contribution in [0.3, 0.4) is 0 Å². The number of esters is 1. The first-order valence-corrected chi connectivity index (χ1v) is 11.5. The Balaban J connectivity index is 0.000000623. The topological polar surface area (TPSA) is 97.4 Å².